The van der Waals surface area contributed by atoms with E-state index in [-0.39, 0.29) is 12.5 Å². The van der Waals surface area contributed by atoms with Gasteiger partial charge in [0.1, 0.15) is 0 Å². The van der Waals surface area contributed by atoms with Crippen molar-refractivity contribution in [3.63, 3.8) is 0 Å². The highest BCUT2D eigenvalue weighted by Gasteiger charge is 2.29. The summed E-state index contributed by atoms with van der Waals surface area (Å²) in [5.74, 6) is 0.0219. The molecule has 2 rings (SSSR count). The van der Waals surface area contributed by atoms with E-state index in [4.69, 9.17) is 5.11 Å². The zero-order valence-corrected chi connectivity index (χ0v) is 11.6. The lowest BCUT2D eigenvalue weighted by Crippen LogP contribution is -2.45. The summed E-state index contributed by atoms with van der Waals surface area (Å²) in [6.07, 6.45) is 3.93. The number of aliphatic hydroxyl groups is 1. The number of amides is 1. The molecule has 5 heteroatoms. The Morgan fingerprint density at radius 3 is 2.74 bits per heavy atom. The lowest BCUT2D eigenvalue weighted by molar-refractivity contribution is 0.0561. The van der Waals surface area contributed by atoms with Gasteiger partial charge < -0.3 is 10.0 Å². The molecule has 1 aliphatic rings. The van der Waals surface area contributed by atoms with E-state index in [9.17, 15) is 4.79 Å². The van der Waals surface area contributed by atoms with Gasteiger partial charge in [-0.15, -0.1) is 0 Å². The third kappa shape index (κ3) is 3.10. The number of aryl methyl sites for hydroxylation is 2. The number of hydrogen-bond donors (Lipinski definition) is 1. The number of nitrogens with zero attached hydrogens (tertiary/aromatic N) is 3. The highest BCUT2D eigenvalue weighted by Crippen LogP contribution is 2.26. The number of aliphatic hydroxyl groups excluding tert-OH is 1. The van der Waals surface area contributed by atoms with Crippen molar-refractivity contribution >= 4 is 5.91 Å². The molecular weight excluding hydrogens is 242 g/mol. The smallest absolute Gasteiger partial charge is 0.256 e. The van der Waals surface area contributed by atoms with Crippen LogP contribution in [-0.2, 0) is 0 Å². The monoisotopic (exact) mass is 263 g/mol. The molecule has 19 heavy (non-hydrogen) atoms. The van der Waals surface area contributed by atoms with Crippen LogP contribution in [0.5, 0.6) is 0 Å². The molecule has 0 bridgehead atoms. The fraction of sp³-hybridized carbons (Fsp3) is 0.643. The van der Waals surface area contributed by atoms with Gasteiger partial charge in [-0.2, -0.15) is 10.2 Å². The second kappa shape index (κ2) is 6.10. The summed E-state index contributed by atoms with van der Waals surface area (Å²) in [5, 5.41) is 17.0. The van der Waals surface area contributed by atoms with Gasteiger partial charge in [0.05, 0.1) is 17.0 Å². The van der Waals surface area contributed by atoms with Crippen molar-refractivity contribution in [3.8, 4) is 0 Å². The van der Waals surface area contributed by atoms with Gasteiger partial charge in [-0.05, 0) is 45.6 Å². The van der Waals surface area contributed by atoms with Crippen LogP contribution in [0.2, 0.25) is 0 Å². The molecule has 104 valence electrons. The van der Waals surface area contributed by atoms with Crippen LogP contribution in [0.25, 0.3) is 0 Å². The number of rotatable bonds is 5. The maximum absolute atomic E-state index is 12.6. The Hall–Kier alpha value is -1.49. The van der Waals surface area contributed by atoms with Crippen molar-refractivity contribution in [2.45, 2.75) is 45.6 Å². The number of hydrogen-bond acceptors (Lipinski definition) is 4. The Morgan fingerprint density at radius 1 is 1.42 bits per heavy atom. The molecule has 1 aliphatic carbocycles. The zero-order valence-electron chi connectivity index (χ0n) is 11.6. The third-order valence-corrected chi connectivity index (χ3v) is 3.66. The second-order valence-electron chi connectivity index (χ2n) is 5.15. The fourth-order valence-electron chi connectivity index (χ4n) is 2.31. The molecule has 1 heterocycles. The van der Waals surface area contributed by atoms with Crippen molar-refractivity contribution in [2.75, 3.05) is 13.2 Å². The van der Waals surface area contributed by atoms with Crippen LogP contribution in [0, 0.1) is 13.8 Å². The van der Waals surface area contributed by atoms with Crippen LogP contribution in [0.4, 0.5) is 0 Å². The van der Waals surface area contributed by atoms with Crippen molar-refractivity contribution < 1.29 is 9.90 Å². The van der Waals surface area contributed by atoms with E-state index in [1.165, 1.54) is 6.42 Å². The number of aromatic nitrogens is 2. The summed E-state index contributed by atoms with van der Waals surface area (Å²) < 4.78 is 0. The van der Waals surface area contributed by atoms with Gasteiger partial charge in [-0.25, -0.2) is 0 Å². The molecule has 0 atom stereocenters. The van der Waals surface area contributed by atoms with Crippen LogP contribution in [0.3, 0.4) is 0 Å². The third-order valence-electron chi connectivity index (χ3n) is 3.66. The van der Waals surface area contributed by atoms with Gasteiger partial charge in [-0.3, -0.25) is 4.79 Å². The average Bonchev–Trinajstić information content (AvgIpc) is 2.34. The Kier molecular flexibility index (Phi) is 4.47. The minimum Gasteiger partial charge on any atom is -0.396 e. The van der Waals surface area contributed by atoms with Gasteiger partial charge in [-0.1, -0.05) is 0 Å². The molecule has 5 nitrogen and oxygen atoms in total. The van der Waals surface area contributed by atoms with Crippen molar-refractivity contribution in [3.05, 3.63) is 23.0 Å². The molecule has 0 radical (unpaired) electrons. The Bertz CT molecular complexity index is 458. The molecule has 1 fully saturated rings. The normalized spacial score (nSPS) is 15.1. The molecule has 1 amide bonds. The highest BCUT2D eigenvalue weighted by molar-refractivity contribution is 5.95. The molecule has 0 aliphatic heterocycles. The predicted octanol–water partition coefficient (Wildman–Crippen LogP) is 1.47. The fourth-order valence-corrected chi connectivity index (χ4v) is 2.31. The highest BCUT2D eigenvalue weighted by atomic mass is 16.3. The second-order valence-corrected chi connectivity index (χ2v) is 5.15. The summed E-state index contributed by atoms with van der Waals surface area (Å²) in [7, 11) is 0. The van der Waals surface area contributed by atoms with Crippen molar-refractivity contribution in [1.29, 1.82) is 0 Å². The summed E-state index contributed by atoms with van der Waals surface area (Å²) in [4.78, 5) is 14.5. The van der Waals surface area contributed by atoms with Crippen LogP contribution in [-0.4, -0.2) is 45.3 Å². The van der Waals surface area contributed by atoms with Gasteiger partial charge in [0.2, 0.25) is 0 Å². The van der Waals surface area contributed by atoms with Gasteiger partial charge in [0, 0.05) is 19.2 Å². The zero-order chi connectivity index (χ0) is 13.8. The minimum atomic E-state index is 0.0219. The standard InChI is InChI=1S/C14H21N3O2/c1-10-9-13(11(2)16-15-10)14(19)17(7-4-8-18)12-5-3-6-12/h9,12,18H,3-8H2,1-2H3. The first-order valence-corrected chi connectivity index (χ1v) is 6.86. The van der Waals surface area contributed by atoms with E-state index in [2.05, 4.69) is 10.2 Å². The molecule has 1 aromatic heterocycles. The topological polar surface area (TPSA) is 66.3 Å². The van der Waals surface area contributed by atoms with Crippen LogP contribution >= 0.6 is 0 Å². The average molecular weight is 263 g/mol. The first kappa shape index (κ1) is 13.9. The quantitative estimate of drug-likeness (QED) is 0.873. The SMILES string of the molecule is Cc1cc(C(=O)N(CCCO)C2CCC2)c(C)nn1. The van der Waals surface area contributed by atoms with Crippen LogP contribution < -0.4 is 0 Å². The van der Waals surface area contributed by atoms with Gasteiger partial charge in [0.15, 0.2) is 0 Å². The van der Waals surface area contributed by atoms with Crippen LogP contribution in [0.1, 0.15) is 47.4 Å². The van der Waals surface area contributed by atoms with E-state index < -0.39 is 0 Å². The maximum Gasteiger partial charge on any atom is 0.256 e. The van der Waals surface area contributed by atoms with E-state index in [1.54, 1.807) is 6.07 Å². The first-order chi connectivity index (χ1) is 9.13. The van der Waals surface area contributed by atoms with E-state index >= 15 is 0 Å². The molecule has 0 spiro atoms. The van der Waals surface area contributed by atoms with Crippen molar-refractivity contribution in [1.82, 2.24) is 15.1 Å². The Morgan fingerprint density at radius 2 is 2.16 bits per heavy atom. The molecular formula is C14H21N3O2. The maximum atomic E-state index is 12.6. The molecule has 1 saturated carbocycles. The largest absolute Gasteiger partial charge is 0.396 e. The number of carbonyl (C=O) groups excluding carboxylic acids is 1. The van der Waals surface area contributed by atoms with E-state index in [1.807, 2.05) is 18.7 Å². The number of carbonyl (C=O) groups is 1. The van der Waals surface area contributed by atoms with E-state index in [0.717, 1.165) is 18.5 Å². The lowest BCUT2D eigenvalue weighted by Gasteiger charge is -2.37. The predicted molar refractivity (Wildman–Crippen MR) is 71.9 cm³/mol. The van der Waals surface area contributed by atoms with E-state index in [0.29, 0.717) is 30.3 Å². The first-order valence-electron chi connectivity index (χ1n) is 6.86. The minimum absolute atomic E-state index is 0.0219. The summed E-state index contributed by atoms with van der Waals surface area (Å²) in [6, 6.07) is 2.13. The Labute approximate surface area is 113 Å². The summed E-state index contributed by atoms with van der Waals surface area (Å²) in [5.41, 5.74) is 2.06. The van der Waals surface area contributed by atoms with Crippen LogP contribution in [0.15, 0.2) is 6.07 Å². The summed E-state index contributed by atoms with van der Waals surface area (Å²) in [6.45, 7) is 4.37. The Balaban J connectivity index is 2.19. The lowest BCUT2D eigenvalue weighted by atomic mass is 9.90. The summed E-state index contributed by atoms with van der Waals surface area (Å²) >= 11 is 0. The molecule has 1 N–H and O–H groups in total. The molecule has 0 saturated heterocycles. The van der Waals surface area contributed by atoms with Crippen molar-refractivity contribution in [2.24, 2.45) is 0 Å². The molecule has 0 unspecified atom stereocenters. The molecule has 0 aromatic carbocycles. The molecule has 1 aromatic rings. The van der Waals surface area contributed by atoms with Gasteiger partial charge in [0.25, 0.3) is 5.91 Å². The van der Waals surface area contributed by atoms with Gasteiger partial charge >= 0.3 is 0 Å².